The molecule has 0 heterocycles. The van der Waals surface area contributed by atoms with Crippen molar-refractivity contribution in [3.63, 3.8) is 0 Å². The lowest BCUT2D eigenvalue weighted by Gasteiger charge is -2.14. The molecule has 0 N–H and O–H groups in total. The highest BCUT2D eigenvalue weighted by Crippen LogP contribution is 2.13. The molecule has 0 aliphatic heterocycles. The van der Waals surface area contributed by atoms with Crippen LogP contribution in [-0.4, -0.2) is 23.5 Å². The van der Waals surface area contributed by atoms with Crippen molar-refractivity contribution in [3.8, 4) is 0 Å². The fourth-order valence-corrected chi connectivity index (χ4v) is 2.25. The first kappa shape index (κ1) is 16.2. The predicted molar refractivity (Wildman–Crippen MR) is 96.2 cm³/mol. The zero-order valence-electron chi connectivity index (χ0n) is 13.8. The molecule has 0 spiro atoms. The number of hydrogen-bond acceptors (Lipinski definition) is 2. The largest absolute Gasteiger partial charge is 0.280 e. The minimum absolute atomic E-state index is 0.219. The Labute approximate surface area is 133 Å². The third-order valence-corrected chi connectivity index (χ3v) is 3.09. The van der Waals surface area contributed by atoms with E-state index in [9.17, 15) is 0 Å². The van der Waals surface area contributed by atoms with Gasteiger partial charge in [0.2, 0.25) is 0 Å². The number of nitrogens with zero attached hydrogens (tertiary/aromatic N) is 2. The molecule has 114 valence electrons. The molecule has 0 aliphatic carbocycles. The van der Waals surface area contributed by atoms with Crippen LogP contribution in [0, 0.1) is 0 Å². The quantitative estimate of drug-likeness (QED) is 0.708. The van der Waals surface area contributed by atoms with Crippen LogP contribution >= 0.6 is 0 Å². The smallest absolute Gasteiger partial charge is 0.0908 e. The first-order valence-corrected chi connectivity index (χ1v) is 7.84. The van der Waals surface area contributed by atoms with Gasteiger partial charge >= 0.3 is 0 Å². The Morgan fingerprint density at radius 3 is 1.18 bits per heavy atom. The van der Waals surface area contributed by atoms with Gasteiger partial charge < -0.3 is 0 Å². The average molecular weight is 292 g/mol. The van der Waals surface area contributed by atoms with Crippen molar-refractivity contribution in [2.75, 3.05) is 0 Å². The molecule has 22 heavy (non-hydrogen) atoms. The van der Waals surface area contributed by atoms with Crippen molar-refractivity contribution in [2.24, 2.45) is 9.98 Å². The third kappa shape index (κ3) is 4.39. The molecule has 0 unspecified atom stereocenters. The van der Waals surface area contributed by atoms with Crippen molar-refractivity contribution in [2.45, 2.75) is 39.8 Å². The van der Waals surface area contributed by atoms with E-state index >= 15 is 0 Å². The Kier molecular flexibility index (Phi) is 5.65. The van der Waals surface area contributed by atoms with Gasteiger partial charge in [-0.05, 0) is 27.7 Å². The van der Waals surface area contributed by atoms with E-state index < -0.39 is 0 Å². The minimum atomic E-state index is 0.219. The summed E-state index contributed by atoms with van der Waals surface area (Å²) in [4.78, 5) is 9.73. The fourth-order valence-electron chi connectivity index (χ4n) is 2.25. The summed E-state index contributed by atoms with van der Waals surface area (Å²) in [5.41, 5.74) is 4.16. The summed E-state index contributed by atoms with van der Waals surface area (Å²) >= 11 is 0. The van der Waals surface area contributed by atoms with Crippen LogP contribution in [0.25, 0.3) is 0 Å². The Hall–Kier alpha value is -2.22. The van der Waals surface area contributed by atoms with Crippen LogP contribution in [-0.2, 0) is 0 Å². The van der Waals surface area contributed by atoms with Crippen LogP contribution < -0.4 is 0 Å². The number of hydrogen-bond donors (Lipinski definition) is 0. The van der Waals surface area contributed by atoms with Gasteiger partial charge in [0, 0.05) is 23.2 Å². The van der Waals surface area contributed by atoms with Gasteiger partial charge in [0.15, 0.2) is 0 Å². The van der Waals surface area contributed by atoms with Gasteiger partial charge in [0.05, 0.1) is 11.4 Å². The van der Waals surface area contributed by atoms with E-state index in [1.54, 1.807) is 0 Å². The third-order valence-electron chi connectivity index (χ3n) is 3.09. The molecule has 0 saturated heterocycles. The van der Waals surface area contributed by atoms with E-state index in [0.717, 1.165) is 22.6 Å². The summed E-state index contributed by atoms with van der Waals surface area (Å²) in [5, 5.41) is 0. The second-order valence-electron chi connectivity index (χ2n) is 5.87. The molecule has 0 atom stereocenters. The summed E-state index contributed by atoms with van der Waals surface area (Å²) in [6.45, 7) is 8.39. The average Bonchev–Trinajstić information content (AvgIpc) is 2.52. The minimum Gasteiger partial charge on any atom is -0.280 e. The molecule has 2 nitrogen and oxygen atoms in total. The highest BCUT2D eigenvalue weighted by Gasteiger charge is 2.15. The Bertz CT molecular complexity index is 578. The normalized spacial score (nSPS) is 13.0. The highest BCUT2D eigenvalue weighted by molar-refractivity contribution is 6.53. The second kappa shape index (κ2) is 7.69. The molecule has 0 radical (unpaired) electrons. The van der Waals surface area contributed by atoms with Crippen LogP contribution in [0.2, 0.25) is 0 Å². The second-order valence-corrected chi connectivity index (χ2v) is 5.87. The SMILES string of the molecule is CC(C)N=C(C(=NC(C)C)c1ccccc1)c1ccccc1. The van der Waals surface area contributed by atoms with Crippen molar-refractivity contribution < 1.29 is 0 Å². The lowest BCUT2D eigenvalue weighted by atomic mass is 9.99. The van der Waals surface area contributed by atoms with Crippen LogP contribution in [0.4, 0.5) is 0 Å². The van der Waals surface area contributed by atoms with Gasteiger partial charge in [-0.2, -0.15) is 0 Å². The fraction of sp³-hybridized carbons (Fsp3) is 0.300. The summed E-state index contributed by atoms with van der Waals surface area (Å²) in [5.74, 6) is 0. The Morgan fingerprint density at radius 2 is 0.909 bits per heavy atom. The molecule has 2 heteroatoms. The van der Waals surface area contributed by atoms with E-state index in [-0.39, 0.29) is 12.1 Å². The molecule has 0 amide bonds. The van der Waals surface area contributed by atoms with Gasteiger partial charge in [0.1, 0.15) is 0 Å². The zero-order chi connectivity index (χ0) is 15.9. The maximum absolute atomic E-state index is 4.86. The van der Waals surface area contributed by atoms with Gasteiger partial charge in [-0.3, -0.25) is 9.98 Å². The lowest BCUT2D eigenvalue weighted by Crippen LogP contribution is -2.20. The topological polar surface area (TPSA) is 24.7 Å². The van der Waals surface area contributed by atoms with Crippen LogP contribution in [0.5, 0.6) is 0 Å². The lowest BCUT2D eigenvalue weighted by molar-refractivity contribution is 0.830. The van der Waals surface area contributed by atoms with Crippen LogP contribution in [0.15, 0.2) is 70.6 Å². The molecule has 2 aromatic carbocycles. The van der Waals surface area contributed by atoms with Crippen molar-refractivity contribution in [3.05, 3.63) is 71.8 Å². The Morgan fingerprint density at radius 1 is 0.591 bits per heavy atom. The number of benzene rings is 2. The van der Waals surface area contributed by atoms with Crippen molar-refractivity contribution in [1.29, 1.82) is 0 Å². The van der Waals surface area contributed by atoms with Crippen LogP contribution in [0.3, 0.4) is 0 Å². The highest BCUT2D eigenvalue weighted by atomic mass is 14.8. The van der Waals surface area contributed by atoms with E-state index in [0.29, 0.717) is 0 Å². The first-order valence-electron chi connectivity index (χ1n) is 7.84. The zero-order valence-corrected chi connectivity index (χ0v) is 13.8. The van der Waals surface area contributed by atoms with E-state index in [2.05, 4.69) is 52.0 Å². The van der Waals surface area contributed by atoms with Gasteiger partial charge in [-0.1, -0.05) is 60.7 Å². The molecule has 0 aliphatic rings. The number of aliphatic imine (C=N–C) groups is 2. The Balaban J connectivity index is 2.60. The number of rotatable bonds is 5. The molecule has 0 bridgehead atoms. The van der Waals surface area contributed by atoms with Gasteiger partial charge in [-0.25, -0.2) is 0 Å². The maximum Gasteiger partial charge on any atom is 0.0908 e. The molecular formula is C20H24N2. The van der Waals surface area contributed by atoms with Gasteiger partial charge in [-0.15, -0.1) is 0 Å². The van der Waals surface area contributed by atoms with Crippen molar-refractivity contribution >= 4 is 11.4 Å². The van der Waals surface area contributed by atoms with Crippen molar-refractivity contribution in [1.82, 2.24) is 0 Å². The van der Waals surface area contributed by atoms with E-state index in [4.69, 9.17) is 9.98 Å². The molecular weight excluding hydrogens is 268 g/mol. The molecule has 2 rings (SSSR count). The maximum atomic E-state index is 4.86. The van der Waals surface area contributed by atoms with Gasteiger partial charge in [0.25, 0.3) is 0 Å². The first-order chi connectivity index (χ1) is 10.6. The van der Waals surface area contributed by atoms with Crippen LogP contribution in [0.1, 0.15) is 38.8 Å². The molecule has 0 saturated carbocycles. The summed E-state index contributed by atoms with van der Waals surface area (Å²) in [7, 11) is 0. The van der Waals surface area contributed by atoms with E-state index in [1.165, 1.54) is 0 Å². The molecule has 2 aromatic rings. The van der Waals surface area contributed by atoms with E-state index in [1.807, 2.05) is 36.4 Å². The monoisotopic (exact) mass is 292 g/mol. The predicted octanol–water partition coefficient (Wildman–Crippen LogP) is 4.78. The summed E-state index contributed by atoms with van der Waals surface area (Å²) in [6, 6.07) is 21.1. The molecule has 0 fully saturated rings. The summed E-state index contributed by atoms with van der Waals surface area (Å²) in [6.07, 6.45) is 0. The molecule has 0 aromatic heterocycles. The standard InChI is InChI=1S/C20H24N2/c1-15(2)21-19(17-11-7-5-8-12-17)20(22-16(3)4)18-13-9-6-10-14-18/h5-16H,1-4H3. The summed E-state index contributed by atoms with van der Waals surface area (Å²) < 4.78 is 0.